The van der Waals surface area contributed by atoms with Crippen molar-refractivity contribution in [1.82, 2.24) is 9.80 Å². The van der Waals surface area contributed by atoms with Gasteiger partial charge in [-0.15, -0.1) is 11.3 Å². The lowest BCUT2D eigenvalue weighted by atomic mass is 9.90. The minimum Gasteiger partial charge on any atom is -0.330 e. The van der Waals surface area contributed by atoms with Crippen molar-refractivity contribution in [3.8, 4) is 0 Å². The molecule has 1 aromatic heterocycles. The molecular formula is C31H36N2O2S. The summed E-state index contributed by atoms with van der Waals surface area (Å²) in [5.41, 5.74) is 5.50. The highest BCUT2D eigenvalue weighted by Gasteiger charge is 2.36. The van der Waals surface area contributed by atoms with Crippen molar-refractivity contribution in [1.29, 1.82) is 0 Å². The predicted octanol–water partition coefficient (Wildman–Crippen LogP) is 6.57. The summed E-state index contributed by atoms with van der Waals surface area (Å²) < 4.78 is 0. The molecule has 1 atom stereocenters. The number of thiophene rings is 1. The summed E-state index contributed by atoms with van der Waals surface area (Å²) in [7, 11) is 0. The van der Waals surface area contributed by atoms with Crippen molar-refractivity contribution in [2.45, 2.75) is 70.9 Å². The van der Waals surface area contributed by atoms with Crippen molar-refractivity contribution < 1.29 is 9.59 Å². The van der Waals surface area contributed by atoms with E-state index in [1.165, 1.54) is 33.6 Å². The van der Waals surface area contributed by atoms with Crippen LogP contribution in [0.4, 0.5) is 0 Å². The van der Waals surface area contributed by atoms with Crippen LogP contribution in [0, 0.1) is 6.92 Å². The fraction of sp³-hybridized carbons (Fsp3) is 0.419. The van der Waals surface area contributed by atoms with Crippen LogP contribution in [0.2, 0.25) is 0 Å². The molecule has 2 aromatic carbocycles. The summed E-state index contributed by atoms with van der Waals surface area (Å²) in [4.78, 5) is 33.1. The second-order valence-corrected chi connectivity index (χ2v) is 11.2. The molecule has 1 aliphatic carbocycles. The van der Waals surface area contributed by atoms with Crippen LogP contribution in [0.25, 0.3) is 0 Å². The summed E-state index contributed by atoms with van der Waals surface area (Å²) >= 11 is 1.78. The predicted molar refractivity (Wildman–Crippen MR) is 146 cm³/mol. The first-order valence-electron chi connectivity index (χ1n) is 13.4. The maximum absolute atomic E-state index is 14.0. The van der Waals surface area contributed by atoms with E-state index in [9.17, 15) is 9.59 Å². The Morgan fingerprint density at radius 1 is 0.972 bits per heavy atom. The van der Waals surface area contributed by atoms with Crippen LogP contribution < -0.4 is 0 Å². The molecule has 0 spiro atoms. The Bertz CT molecular complexity index is 1210. The monoisotopic (exact) mass is 500 g/mol. The quantitative estimate of drug-likeness (QED) is 0.384. The number of amides is 2. The molecule has 0 bridgehead atoms. The molecule has 5 heteroatoms. The van der Waals surface area contributed by atoms with Crippen molar-refractivity contribution >= 4 is 23.2 Å². The molecule has 1 aliphatic heterocycles. The van der Waals surface area contributed by atoms with Gasteiger partial charge in [0.15, 0.2) is 0 Å². The molecule has 4 nitrogen and oxygen atoms in total. The fourth-order valence-corrected chi connectivity index (χ4v) is 6.76. The maximum atomic E-state index is 14.0. The Balaban J connectivity index is 1.45. The third-order valence-corrected chi connectivity index (χ3v) is 8.96. The normalized spacial score (nSPS) is 18.1. The van der Waals surface area contributed by atoms with Gasteiger partial charge in [0, 0.05) is 23.0 Å². The van der Waals surface area contributed by atoms with Crippen LogP contribution in [0.15, 0.2) is 60.0 Å². The van der Waals surface area contributed by atoms with Crippen molar-refractivity contribution in [2.75, 3.05) is 13.1 Å². The van der Waals surface area contributed by atoms with Crippen LogP contribution >= 0.6 is 11.3 Å². The average molecular weight is 501 g/mol. The molecule has 1 saturated carbocycles. The van der Waals surface area contributed by atoms with E-state index in [-0.39, 0.29) is 30.4 Å². The van der Waals surface area contributed by atoms with Gasteiger partial charge in [0.1, 0.15) is 6.54 Å². The second-order valence-electron chi connectivity index (χ2n) is 10.2. The first kappa shape index (κ1) is 24.8. The van der Waals surface area contributed by atoms with Gasteiger partial charge in [-0.25, -0.2) is 0 Å². The molecule has 0 saturated heterocycles. The van der Waals surface area contributed by atoms with Gasteiger partial charge in [-0.3, -0.25) is 9.59 Å². The van der Waals surface area contributed by atoms with Gasteiger partial charge in [-0.1, -0.05) is 62.6 Å². The van der Waals surface area contributed by atoms with Gasteiger partial charge in [0.25, 0.3) is 5.91 Å². The number of rotatable bonds is 6. The molecule has 2 amide bonds. The SMILES string of the molecule is CCc1ccc(C(=O)N(CC(=O)N2CCc3sccc3C2c2ccccc2C)C2CCCCC2)cc1. The third kappa shape index (κ3) is 4.99. The highest BCUT2D eigenvalue weighted by molar-refractivity contribution is 7.10. The number of aryl methyl sites for hydroxylation is 2. The van der Waals surface area contributed by atoms with E-state index >= 15 is 0 Å². The Labute approximate surface area is 218 Å². The summed E-state index contributed by atoms with van der Waals surface area (Å²) in [5.74, 6) is 0.0304. The van der Waals surface area contributed by atoms with Gasteiger partial charge in [-0.2, -0.15) is 0 Å². The zero-order chi connectivity index (χ0) is 25.1. The number of carbonyl (C=O) groups is 2. The standard InChI is InChI=1S/C31H36N2O2S/c1-3-23-13-15-24(16-14-23)31(35)33(25-10-5-4-6-11-25)21-29(34)32-19-17-28-27(18-20-36-28)30(32)26-12-8-7-9-22(26)2/h7-9,12-16,18,20,25,30H,3-6,10-11,17,19,21H2,1-2H3. The lowest BCUT2D eigenvalue weighted by Crippen LogP contribution is -2.50. The molecule has 1 unspecified atom stereocenters. The number of fused-ring (bicyclic) bond motifs is 1. The van der Waals surface area contributed by atoms with Crippen LogP contribution in [0.3, 0.4) is 0 Å². The van der Waals surface area contributed by atoms with E-state index < -0.39 is 0 Å². The number of hydrogen-bond acceptors (Lipinski definition) is 3. The molecule has 2 heterocycles. The third-order valence-electron chi connectivity index (χ3n) is 7.96. The largest absolute Gasteiger partial charge is 0.330 e. The molecule has 2 aliphatic rings. The summed E-state index contributed by atoms with van der Waals surface area (Å²) in [5, 5.41) is 2.14. The minimum atomic E-state index is -0.0964. The minimum absolute atomic E-state index is 0.0152. The second kappa shape index (κ2) is 11.0. The molecule has 36 heavy (non-hydrogen) atoms. The number of benzene rings is 2. The first-order valence-corrected chi connectivity index (χ1v) is 14.3. The number of carbonyl (C=O) groups excluding carboxylic acids is 2. The summed E-state index contributed by atoms with van der Waals surface area (Å²) in [6, 6.07) is 18.5. The van der Waals surface area contributed by atoms with E-state index in [2.05, 4.69) is 49.6 Å². The molecule has 3 aromatic rings. The Morgan fingerprint density at radius 2 is 1.72 bits per heavy atom. The average Bonchev–Trinajstić information content (AvgIpc) is 3.41. The van der Waals surface area contributed by atoms with Crippen LogP contribution in [-0.2, 0) is 17.6 Å². The van der Waals surface area contributed by atoms with Gasteiger partial charge in [-0.05, 0) is 78.4 Å². The molecule has 188 valence electrons. The number of nitrogens with zero attached hydrogens (tertiary/aromatic N) is 2. The molecule has 0 N–H and O–H groups in total. The van der Waals surface area contributed by atoms with E-state index in [4.69, 9.17) is 0 Å². The van der Waals surface area contributed by atoms with Crippen LogP contribution in [-0.4, -0.2) is 40.7 Å². The first-order chi connectivity index (χ1) is 17.6. The van der Waals surface area contributed by atoms with Crippen LogP contribution in [0.1, 0.15) is 82.6 Å². The highest BCUT2D eigenvalue weighted by Crippen LogP contribution is 2.39. The van der Waals surface area contributed by atoms with E-state index in [0.29, 0.717) is 12.1 Å². The fourth-order valence-electron chi connectivity index (χ4n) is 5.86. The molecule has 0 radical (unpaired) electrons. The summed E-state index contributed by atoms with van der Waals surface area (Å²) in [6.45, 7) is 5.06. The Kier molecular flexibility index (Phi) is 7.56. The lowest BCUT2D eigenvalue weighted by molar-refractivity contribution is -0.134. The summed E-state index contributed by atoms with van der Waals surface area (Å²) in [6.07, 6.45) is 7.20. The van der Waals surface area contributed by atoms with E-state index in [1.54, 1.807) is 11.3 Å². The van der Waals surface area contributed by atoms with Gasteiger partial charge in [0.2, 0.25) is 5.91 Å². The lowest BCUT2D eigenvalue weighted by Gasteiger charge is -2.40. The van der Waals surface area contributed by atoms with Gasteiger partial charge in [0.05, 0.1) is 6.04 Å². The smallest absolute Gasteiger partial charge is 0.254 e. The van der Waals surface area contributed by atoms with Crippen molar-refractivity contribution in [2.24, 2.45) is 0 Å². The topological polar surface area (TPSA) is 40.6 Å². The van der Waals surface area contributed by atoms with Crippen molar-refractivity contribution in [3.63, 3.8) is 0 Å². The molecule has 5 rings (SSSR count). The maximum Gasteiger partial charge on any atom is 0.254 e. The van der Waals surface area contributed by atoms with E-state index in [1.807, 2.05) is 34.1 Å². The molecule has 1 fully saturated rings. The van der Waals surface area contributed by atoms with E-state index in [0.717, 1.165) is 38.5 Å². The van der Waals surface area contributed by atoms with Gasteiger partial charge < -0.3 is 9.80 Å². The highest BCUT2D eigenvalue weighted by atomic mass is 32.1. The molecular weight excluding hydrogens is 464 g/mol. The Morgan fingerprint density at radius 3 is 2.44 bits per heavy atom. The number of hydrogen-bond donors (Lipinski definition) is 0. The zero-order valence-electron chi connectivity index (χ0n) is 21.4. The zero-order valence-corrected chi connectivity index (χ0v) is 22.2. The van der Waals surface area contributed by atoms with Crippen molar-refractivity contribution in [3.05, 3.63) is 92.7 Å². The van der Waals surface area contributed by atoms with Crippen LogP contribution in [0.5, 0.6) is 0 Å². The van der Waals surface area contributed by atoms with Gasteiger partial charge >= 0.3 is 0 Å². The Hall–Kier alpha value is -2.92.